The van der Waals surface area contributed by atoms with E-state index in [2.05, 4.69) is 36.9 Å². The Balaban J connectivity index is 0. The lowest BCUT2D eigenvalue weighted by atomic mass is 10.1. The molecule has 0 aliphatic rings. The molecule has 0 fully saturated rings. The van der Waals surface area contributed by atoms with Gasteiger partial charge >= 0.3 is 0 Å². The number of carbonyl (C=O) groups excluding carboxylic acids is 1. The van der Waals surface area contributed by atoms with E-state index in [0.717, 1.165) is 45.1 Å². The van der Waals surface area contributed by atoms with Crippen molar-refractivity contribution in [3.8, 4) is 0 Å². The first-order chi connectivity index (χ1) is 15.8. The molecule has 0 unspecified atom stereocenters. The van der Waals surface area contributed by atoms with E-state index in [9.17, 15) is 4.79 Å². The van der Waals surface area contributed by atoms with Crippen molar-refractivity contribution in [2.75, 3.05) is 17.7 Å². The minimum absolute atomic E-state index is 0.226. The summed E-state index contributed by atoms with van der Waals surface area (Å²) < 4.78 is 4.99. The van der Waals surface area contributed by atoms with Gasteiger partial charge in [-0.3, -0.25) is 4.79 Å². The topological polar surface area (TPSA) is 50.4 Å². The molecule has 0 aromatic heterocycles. The van der Waals surface area contributed by atoms with Crippen LogP contribution in [0.15, 0.2) is 103 Å². The molecule has 0 saturated carbocycles. The molecule has 0 heterocycles. The Kier molecular flexibility index (Phi) is 17.2. The van der Waals surface area contributed by atoms with Crippen LogP contribution in [0, 0.1) is 6.92 Å². The monoisotopic (exact) mass is 464 g/mol. The summed E-state index contributed by atoms with van der Waals surface area (Å²) in [5, 5.41) is 6.07. The number of methoxy groups -OCH3 is 1. The number of hydrogen-bond acceptors (Lipinski definition) is 3. The third-order valence-corrected chi connectivity index (χ3v) is 4.07. The van der Waals surface area contributed by atoms with E-state index < -0.39 is 0 Å². The normalized spacial score (nSPS) is 11.3. The molecule has 0 aliphatic carbocycles. The van der Waals surface area contributed by atoms with Gasteiger partial charge in [0.25, 0.3) is 0 Å². The quantitative estimate of drug-likeness (QED) is 0.175. The van der Waals surface area contributed by atoms with E-state index in [1.165, 1.54) is 11.6 Å². The Labute approximate surface area is 208 Å². The number of nitrogens with one attached hydrogen (secondary N) is 2. The summed E-state index contributed by atoms with van der Waals surface area (Å²) in [6.07, 6.45) is 7.04. The molecule has 4 heteroatoms. The van der Waals surface area contributed by atoms with Gasteiger partial charge in [-0.05, 0) is 96.4 Å². The van der Waals surface area contributed by atoms with E-state index in [1.54, 1.807) is 13.2 Å². The van der Waals surface area contributed by atoms with Gasteiger partial charge in [-0.2, -0.15) is 0 Å². The fourth-order valence-electron chi connectivity index (χ4n) is 2.32. The highest BCUT2D eigenvalue weighted by molar-refractivity contribution is 6.01. The van der Waals surface area contributed by atoms with Crippen LogP contribution < -0.4 is 10.6 Å². The first kappa shape index (κ1) is 32.6. The lowest BCUT2D eigenvalue weighted by molar-refractivity contribution is -0.111. The van der Waals surface area contributed by atoms with Gasteiger partial charge in [0, 0.05) is 5.70 Å². The van der Waals surface area contributed by atoms with Crippen LogP contribution in [-0.2, 0) is 9.53 Å². The van der Waals surface area contributed by atoms with Crippen molar-refractivity contribution in [3.63, 3.8) is 0 Å². The third-order valence-electron chi connectivity index (χ3n) is 4.07. The third kappa shape index (κ3) is 17.1. The second-order valence-electron chi connectivity index (χ2n) is 8.28. The predicted molar refractivity (Wildman–Crippen MR) is 152 cm³/mol. The van der Waals surface area contributed by atoms with E-state index in [1.807, 2.05) is 85.7 Å². The summed E-state index contributed by atoms with van der Waals surface area (Å²) in [7, 11) is 1.67. The standard InChI is InChI=1S/C16H20N2O.C10H16O.C4H8/c1-6-12(4)13(5)17-14-9-8-11(3)10-15(14)18-16(19)7-2;1-8(2)6-9(3)7-10(4)11-5;1-4(2)3/h6-10,17H,1-2H2,3-5H3,(H,18,19);6-7H,1H2,2-5H3;1H2,2-3H3/b13-12+;9-6-,10-7+;. The molecule has 0 bridgehead atoms. The van der Waals surface area contributed by atoms with Crippen molar-refractivity contribution in [1.29, 1.82) is 0 Å². The number of anilines is 2. The molecule has 2 N–H and O–H groups in total. The molecule has 34 heavy (non-hydrogen) atoms. The first-order valence-electron chi connectivity index (χ1n) is 11.1. The second-order valence-corrected chi connectivity index (χ2v) is 8.28. The van der Waals surface area contributed by atoms with E-state index in [4.69, 9.17) is 4.74 Å². The molecule has 1 aromatic carbocycles. The molecule has 1 amide bonds. The van der Waals surface area contributed by atoms with Crippen molar-refractivity contribution in [3.05, 3.63) is 108 Å². The van der Waals surface area contributed by atoms with Gasteiger partial charge in [0.05, 0.1) is 24.2 Å². The van der Waals surface area contributed by atoms with Gasteiger partial charge in [-0.1, -0.05) is 49.1 Å². The van der Waals surface area contributed by atoms with Crippen LogP contribution in [0.5, 0.6) is 0 Å². The molecule has 0 saturated heterocycles. The van der Waals surface area contributed by atoms with Gasteiger partial charge in [-0.15, -0.1) is 6.58 Å². The zero-order valence-electron chi connectivity index (χ0n) is 22.7. The number of carbonyl (C=O) groups is 1. The molecule has 1 rings (SSSR count). The molecule has 0 spiro atoms. The van der Waals surface area contributed by atoms with Gasteiger partial charge in [0.15, 0.2) is 0 Å². The fourth-order valence-corrected chi connectivity index (χ4v) is 2.32. The maximum atomic E-state index is 11.4. The molecular weight excluding hydrogens is 420 g/mol. The number of benzene rings is 1. The van der Waals surface area contributed by atoms with E-state index in [0.29, 0.717) is 0 Å². The van der Waals surface area contributed by atoms with Crippen molar-refractivity contribution in [1.82, 2.24) is 0 Å². The zero-order valence-corrected chi connectivity index (χ0v) is 22.7. The first-order valence-corrected chi connectivity index (χ1v) is 11.1. The zero-order chi connectivity index (χ0) is 26.8. The molecule has 4 nitrogen and oxygen atoms in total. The highest BCUT2D eigenvalue weighted by Gasteiger charge is 2.06. The highest BCUT2D eigenvalue weighted by Crippen LogP contribution is 2.25. The largest absolute Gasteiger partial charge is 0.501 e. The van der Waals surface area contributed by atoms with Crippen molar-refractivity contribution in [2.24, 2.45) is 0 Å². The summed E-state index contributed by atoms with van der Waals surface area (Å²) in [5.41, 5.74) is 8.10. The molecule has 1 aromatic rings. The number of allylic oxidation sites excluding steroid dienone is 9. The van der Waals surface area contributed by atoms with Gasteiger partial charge < -0.3 is 15.4 Å². The highest BCUT2D eigenvalue weighted by atomic mass is 16.5. The number of aryl methyl sites for hydroxylation is 1. The number of rotatable bonds is 8. The minimum Gasteiger partial charge on any atom is -0.501 e. The van der Waals surface area contributed by atoms with Gasteiger partial charge in [-0.25, -0.2) is 0 Å². The maximum absolute atomic E-state index is 11.4. The van der Waals surface area contributed by atoms with Crippen molar-refractivity contribution in [2.45, 2.75) is 55.4 Å². The lowest BCUT2D eigenvalue weighted by Gasteiger charge is -2.14. The number of amides is 1. The minimum atomic E-state index is -0.226. The average Bonchev–Trinajstić information content (AvgIpc) is 2.74. The lowest BCUT2D eigenvalue weighted by Crippen LogP contribution is -2.10. The Bertz CT molecular complexity index is 956. The second kappa shape index (κ2) is 18.0. The molecule has 0 radical (unpaired) electrons. The Morgan fingerprint density at radius 2 is 1.44 bits per heavy atom. The number of ether oxygens (including phenoxy) is 1. The smallest absolute Gasteiger partial charge is 0.247 e. The SMILES string of the molecule is C=C(C)/C=C(C)\C=C(/C)OC.C=C(C)C.C=CC(=O)Nc1cc(C)ccc1N/C(C)=C(\C)C=C. The number of hydrogen-bond donors (Lipinski definition) is 2. The molecule has 0 aliphatic heterocycles. The Morgan fingerprint density at radius 1 is 0.882 bits per heavy atom. The summed E-state index contributed by atoms with van der Waals surface area (Å²) in [5.74, 6) is 0.690. The summed E-state index contributed by atoms with van der Waals surface area (Å²) in [6.45, 7) is 30.3. The average molecular weight is 465 g/mol. The van der Waals surface area contributed by atoms with Crippen LogP contribution in [0.1, 0.15) is 54.0 Å². The molecule has 186 valence electrons. The van der Waals surface area contributed by atoms with Crippen LogP contribution in [0.25, 0.3) is 0 Å². The molecular formula is C30H44N2O2. The van der Waals surface area contributed by atoms with E-state index in [-0.39, 0.29) is 5.91 Å². The summed E-state index contributed by atoms with van der Waals surface area (Å²) in [4.78, 5) is 11.4. The van der Waals surface area contributed by atoms with Crippen LogP contribution in [0.3, 0.4) is 0 Å². The predicted octanol–water partition coefficient (Wildman–Crippen LogP) is 8.65. The van der Waals surface area contributed by atoms with Crippen molar-refractivity contribution >= 4 is 17.3 Å². The molecule has 0 atom stereocenters. The fraction of sp³-hybridized carbons (Fsp3) is 0.300. The van der Waals surface area contributed by atoms with Crippen LogP contribution in [0.2, 0.25) is 0 Å². The summed E-state index contributed by atoms with van der Waals surface area (Å²) in [6, 6.07) is 5.84. The van der Waals surface area contributed by atoms with Crippen molar-refractivity contribution < 1.29 is 9.53 Å². The van der Waals surface area contributed by atoms with Gasteiger partial charge in [0.2, 0.25) is 5.91 Å². The summed E-state index contributed by atoms with van der Waals surface area (Å²) >= 11 is 0. The van der Waals surface area contributed by atoms with E-state index >= 15 is 0 Å². The van der Waals surface area contributed by atoms with Crippen LogP contribution in [-0.4, -0.2) is 13.0 Å². The van der Waals surface area contributed by atoms with Gasteiger partial charge in [0.1, 0.15) is 0 Å². The maximum Gasteiger partial charge on any atom is 0.247 e. The van der Waals surface area contributed by atoms with Crippen LogP contribution in [0.4, 0.5) is 11.4 Å². The Hall–Kier alpha value is -3.53. The Morgan fingerprint density at radius 3 is 1.88 bits per heavy atom. The van der Waals surface area contributed by atoms with Crippen LogP contribution >= 0.6 is 0 Å².